The van der Waals surface area contributed by atoms with Gasteiger partial charge in [0, 0.05) is 18.6 Å². The average Bonchev–Trinajstić information content (AvgIpc) is 3.25. The van der Waals surface area contributed by atoms with Crippen LogP contribution in [-0.2, 0) is 4.79 Å². The van der Waals surface area contributed by atoms with E-state index in [1.54, 1.807) is 0 Å². The van der Waals surface area contributed by atoms with E-state index in [1.165, 1.54) is 25.7 Å². The molecule has 1 saturated carbocycles. The molecule has 0 aromatic rings. The van der Waals surface area contributed by atoms with Crippen molar-refractivity contribution in [1.29, 1.82) is 0 Å². The second-order valence-corrected chi connectivity index (χ2v) is 5.86. The first kappa shape index (κ1) is 14.8. The van der Waals surface area contributed by atoms with Gasteiger partial charge in [-0.3, -0.25) is 9.69 Å². The van der Waals surface area contributed by atoms with E-state index in [9.17, 15) is 4.79 Å². The van der Waals surface area contributed by atoms with E-state index in [0.29, 0.717) is 24.5 Å². The Bertz CT molecular complexity index is 285. The van der Waals surface area contributed by atoms with E-state index in [2.05, 4.69) is 29.0 Å². The zero-order chi connectivity index (χ0) is 13.7. The zero-order valence-corrected chi connectivity index (χ0v) is 12.5. The largest absolute Gasteiger partial charge is 0.339 e. The number of hydrogen-bond donors (Lipinski definition) is 1. The maximum atomic E-state index is 12.5. The Morgan fingerprint density at radius 3 is 2.32 bits per heavy atom. The monoisotopic (exact) mass is 267 g/mol. The van der Waals surface area contributed by atoms with Crippen LogP contribution < -0.4 is 5.32 Å². The smallest absolute Gasteiger partial charge is 0.236 e. The summed E-state index contributed by atoms with van der Waals surface area (Å²) in [5.74, 6) is 0.344. The summed E-state index contributed by atoms with van der Waals surface area (Å²) in [6, 6.07) is 1.15. The van der Waals surface area contributed by atoms with Gasteiger partial charge in [0.2, 0.25) is 5.91 Å². The van der Waals surface area contributed by atoms with Crippen LogP contribution >= 0.6 is 0 Å². The molecule has 110 valence electrons. The molecule has 1 heterocycles. The predicted octanol–water partition coefficient (Wildman–Crippen LogP) is 1.46. The summed E-state index contributed by atoms with van der Waals surface area (Å²) in [5.41, 5.74) is 0. The third-order valence-corrected chi connectivity index (χ3v) is 4.32. The molecule has 0 aromatic heterocycles. The van der Waals surface area contributed by atoms with Crippen LogP contribution in [0, 0.1) is 0 Å². The highest BCUT2D eigenvalue weighted by Gasteiger charge is 2.32. The fourth-order valence-electron chi connectivity index (χ4n) is 3.14. The van der Waals surface area contributed by atoms with Gasteiger partial charge in [-0.2, -0.15) is 0 Å². The number of nitrogens with zero attached hydrogens (tertiary/aromatic N) is 2. The standard InChI is InChI=1S/C15H29N3O/c1-3-11-17(13-7-9-16-10-8-13)12-15(19)18(4-2)14-5-6-14/h13-14,16H,3-12H2,1-2H3. The van der Waals surface area contributed by atoms with Crippen molar-refractivity contribution in [3.8, 4) is 0 Å². The van der Waals surface area contributed by atoms with Crippen molar-refractivity contribution < 1.29 is 4.79 Å². The molecule has 0 bridgehead atoms. The SMILES string of the molecule is CCCN(CC(=O)N(CC)C1CC1)C1CCNCC1. The fourth-order valence-corrected chi connectivity index (χ4v) is 3.14. The van der Waals surface area contributed by atoms with Gasteiger partial charge >= 0.3 is 0 Å². The molecule has 1 N–H and O–H groups in total. The minimum Gasteiger partial charge on any atom is -0.339 e. The van der Waals surface area contributed by atoms with Crippen LogP contribution in [0.3, 0.4) is 0 Å². The predicted molar refractivity (Wildman–Crippen MR) is 78.2 cm³/mol. The summed E-state index contributed by atoms with van der Waals surface area (Å²) in [6.45, 7) is 9.05. The van der Waals surface area contributed by atoms with Crippen molar-refractivity contribution in [3.05, 3.63) is 0 Å². The van der Waals surface area contributed by atoms with Crippen molar-refractivity contribution in [2.45, 2.75) is 58.0 Å². The van der Waals surface area contributed by atoms with E-state index in [4.69, 9.17) is 0 Å². The summed E-state index contributed by atoms with van der Waals surface area (Å²) < 4.78 is 0. The topological polar surface area (TPSA) is 35.6 Å². The molecular weight excluding hydrogens is 238 g/mol. The lowest BCUT2D eigenvalue weighted by Crippen LogP contribution is -2.48. The van der Waals surface area contributed by atoms with Gasteiger partial charge in [-0.05, 0) is 58.7 Å². The molecule has 2 aliphatic rings. The molecule has 0 radical (unpaired) electrons. The van der Waals surface area contributed by atoms with Crippen molar-refractivity contribution in [1.82, 2.24) is 15.1 Å². The normalized spacial score (nSPS) is 20.8. The van der Waals surface area contributed by atoms with Crippen LogP contribution in [0.1, 0.15) is 46.0 Å². The van der Waals surface area contributed by atoms with E-state index in [1.807, 2.05) is 0 Å². The van der Waals surface area contributed by atoms with Crippen LogP contribution in [-0.4, -0.2) is 60.5 Å². The van der Waals surface area contributed by atoms with Gasteiger partial charge < -0.3 is 10.2 Å². The molecule has 0 unspecified atom stereocenters. The summed E-state index contributed by atoms with van der Waals surface area (Å²) in [5, 5.41) is 3.41. The summed E-state index contributed by atoms with van der Waals surface area (Å²) in [4.78, 5) is 17.0. The summed E-state index contributed by atoms with van der Waals surface area (Å²) >= 11 is 0. The molecule has 4 nitrogen and oxygen atoms in total. The number of carbonyl (C=O) groups is 1. The van der Waals surface area contributed by atoms with Gasteiger partial charge in [0.25, 0.3) is 0 Å². The molecule has 1 amide bonds. The average molecular weight is 267 g/mol. The zero-order valence-electron chi connectivity index (χ0n) is 12.5. The third-order valence-electron chi connectivity index (χ3n) is 4.32. The maximum Gasteiger partial charge on any atom is 0.236 e. The number of rotatable bonds is 7. The minimum atomic E-state index is 0.344. The molecule has 1 aliphatic heterocycles. The maximum absolute atomic E-state index is 12.5. The lowest BCUT2D eigenvalue weighted by molar-refractivity contribution is -0.133. The number of amides is 1. The Kier molecular flexibility index (Phi) is 5.64. The first-order valence-corrected chi connectivity index (χ1v) is 8.00. The number of nitrogens with one attached hydrogen (secondary N) is 1. The first-order valence-electron chi connectivity index (χ1n) is 8.00. The quantitative estimate of drug-likeness (QED) is 0.758. The van der Waals surface area contributed by atoms with Crippen molar-refractivity contribution in [2.75, 3.05) is 32.7 Å². The molecule has 19 heavy (non-hydrogen) atoms. The van der Waals surface area contributed by atoms with Gasteiger partial charge in [0.15, 0.2) is 0 Å². The van der Waals surface area contributed by atoms with Crippen molar-refractivity contribution in [2.24, 2.45) is 0 Å². The molecule has 1 saturated heterocycles. The second-order valence-electron chi connectivity index (χ2n) is 5.86. The Labute approximate surface area is 117 Å². The van der Waals surface area contributed by atoms with Gasteiger partial charge in [-0.1, -0.05) is 6.92 Å². The van der Waals surface area contributed by atoms with Crippen molar-refractivity contribution >= 4 is 5.91 Å². The molecule has 2 rings (SSSR count). The number of piperidine rings is 1. The molecular formula is C15H29N3O. The first-order chi connectivity index (χ1) is 9.26. The van der Waals surface area contributed by atoms with Crippen LogP contribution in [0.2, 0.25) is 0 Å². The Morgan fingerprint density at radius 2 is 1.79 bits per heavy atom. The molecule has 0 atom stereocenters. The molecule has 1 aliphatic carbocycles. The van der Waals surface area contributed by atoms with Crippen LogP contribution in [0.25, 0.3) is 0 Å². The van der Waals surface area contributed by atoms with E-state index >= 15 is 0 Å². The van der Waals surface area contributed by atoms with E-state index < -0.39 is 0 Å². The highest BCUT2D eigenvalue weighted by Crippen LogP contribution is 2.27. The Balaban J connectivity index is 1.88. The van der Waals surface area contributed by atoms with Gasteiger partial charge in [0.05, 0.1) is 6.54 Å². The molecule has 2 fully saturated rings. The summed E-state index contributed by atoms with van der Waals surface area (Å²) in [7, 11) is 0. The lowest BCUT2D eigenvalue weighted by atomic mass is 10.0. The molecule has 4 heteroatoms. The number of carbonyl (C=O) groups excluding carboxylic acids is 1. The number of likely N-dealkylation sites (N-methyl/N-ethyl adjacent to an activating group) is 1. The van der Waals surface area contributed by atoms with Crippen molar-refractivity contribution in [3.63, 3.8) is 0 Å². The fraction of sp³-hybridized carbons (Fsp3) is 0.933. The number of hydrogen-bond acceptors (Lipinski definition) is 3. The highest BCUT2D eigenvalue weighted by molar-refractivity contribution is 5.79. The van der Waals surface area contributed by atoms with Crippen LogP contribution in [0.4, 0.5) is 0 Å². The van der Waals surface area contributed by atoms with Gasteiger partial charge in [-0.25, -0.2) is 0 Å². The highest BCUT2D eigenvalue weighted by atomic mass is 16.2. The minimum absolute atomic E-state index is 0.344. The molecule has 0 spiro atoms. The van der Waals surface area contributed by atoms with Crippen LogP contribution in [0.5, 0.6) is 0 Å². The second kappa shape index (κ2) is 7.25. The molecule has 0 aromatic carbocycles. The van der Waals surface area contributed by atoms with Crippen LogP contribution in [0.15, 0.2) is 0 Å². The van der Waals surface area contributed by atoms with Gasteiger partial charge in [0.1, 0.15) is 0 Å². The van der Waals surface area contributed by atoms with E-state index in [-0.39, 0.29) is 0 Å². The van der Waals surface area contributed by atoms with E-state index in [0.717, 1.165) is 32.6 Å². The lowest BCUT2D eigenvalue weighted by Gasteiger charge is -2.35. The Hall–Kier alpha value is -0.610. The van der Waals surface area contributed by atoms with Gasteiger partial charge in [-0.15, -0.1) is 0 Å². The summed E-state index contributed by atoms with van der Waals surface area (Å²) in [6.07, 6.45) is 5.92. The third kappa shape index (κ3) is 4.18. The Morgan fingerprint density at radius 1 is 1.11 bits per heavy atom.